The van der Waals surface area contributed by atoms with Gasteiger partial charge < -0.3 is 9.64 Å². The first kappa shape index (κ1) is 14.4. The van der Waals surface area contributed by atoms with Gasteiger partial charge in [0.05, 0.1) is 13.0 Å². The molecule has 0 unspecified atom stereocenters. The van der Waals surface area contributed by atoms with E-state index < -0.39 is 0 Å². The van der Waals surface area contributed by atoms with Crippen molar-refractivity contribution in [3.05, 3.63) is 0 Å². The van der Waals surface area contributed by atoms with Gasteiger partial charge in [0.1, 0.15) is 0 Å². The summed E-state index contributed by atoms with van der Waals surface area (Å²) in [6, 6.07) is 0.313. The van der Waals surface area contributed by atoms with Crippen molar-refractivity contribution in [2.75, 3.05) is 14.2 Å². The number of methoxy groups -OCH3 is 1. The molecule has 0 aromatic carbocycles. The Balaban J connectivity index is 1.76. The predicted molar refractivity (Wildman–Crippen MR) is 72.5 cm³/mol. The maximum Gasteiger partial charge on any atom is 0.308 e. The van der Waals surface area contributed by atoms with Gasteiger partial charge in [-0.1, -0.05) is 6.42 Å². The minimum atomic E-state index is -0.0955. The summed E-state index contributed by atoms with van der Waals surface area (Å²) in [7, 11) is 3.37. The Morgan fingerprint density at radius 1 is 1.11 bits per heavy atom. The van der Waals surface area contributed by atoms with Crippen molar-refractivity contribution in [2.45, 2.75) is 57.4 Å². The van der Waals surface area contributed by atoms with E-state index in [0.29, 0.717) is 18.4 Å². The van der Waals surface area contributed by atoms with Crippen LogP contribution in [0.25, 0.3) is 0 Å². The molecule has 4 heteroatoms. The Morgan fingerprint density at radius 2 is 1.74 bits per heavy atom. The second-order valence-electron chi connectivity index (χ2n) is 6.03. The largest absolute Gasteiger partial charge is 0.469 e. The molecule has 0 heterocycles. The van der Waals surface area contributed by atoms with Crippen molar-refractivity contribution in [1.82, 2.24) is 4.90 Å². The summed E-state index contributed by atoms with van der Waals surface area (Å²) < 4.78 is 4.79. The van der Waals surface area contributed by atoms with E-state index in [1.807, 2.05) is 11.9 Å². The standard InChI is InChI=1S/C15H25NO3/c1-16(14(17)10-11-4-3-5-11)13-8-6-12(7-9-13)15(18)19-2/h11-13H,3-10H2,1-2H3. The van der Waals surface area contributed by atoms with E-state index >= 15 is 0 Å². The van der Waals surface area contributed by atoms with Gasteiger partial charge in [-0.05, 0) is 44.4 Å². The van der Waals surface area contributed by atoms with Crippen LogP contribution in [0.2, 0.25) is 0 Å². The topological polar surface area (TPSA) is 46.6 Å². The second-order valence-corrected chi connectivity index (χ2v) is 6.03. The van der Waals surface area contributed by atoms with E-state index in [1.54, 1.807) is 0 Å². The summed E-state index contributed by atoms with van der Waals surface area (Å²) in [5.41, 5.74) is 0. The molecule has 0 bridgehead atoms. The molecule has 0 aromatic heterocycles. The number of hydrogen-bond donors (Lipinski definition) is 0. The van der Waals surface area contributed by atoms with Gasteiger partial charge in [-0.2, -0.15) is 0 Å². The first-order chi connectivity index (χ1) is 9.11. The molecule has 108 valence electrons. The average molecular weight is 267 g/mol. The Hall–Kier alpha value is -1.06. The summed E-state index contributed by atoms with van der Waals surface area (Å²) in [5, 5.41) is 0. The molecule has 0 N–H and O–H groups in total. The Kier molecular flexibility index (Phi) is 4.83. The third kappa shape index (κ3) is 3.48. The Labute approximate surface area is 115 Å². The smallest absolute Gasteiger partial charge is 0.308 e. The van der Waals surface area contributed by atoms with Crippen molar-refractivity contribution >= 4 is 11.9 Å². The number of carbonyl (C=O) groups excluding carboxylic acids is 2. The van der Waals surface area contributed by atoms with Crippen LogP contribution in [0.1, 0.15) is 51.4 Å². The summed E-state index contributed by atoms with van der Waals surface area (Å²) in [4.78, 5) is 25.5. The van der Waals surface area contributed by atoms with Crippen LogP contribution >= 0.6 is 0 Å². The van der Waals surface area contributed by atoms with E-state index in [0.717, 1.165) is 25.7 Å². The first-order valence-electron chi connectivity index (χ1n) is 7.45. The molecule has 0 saturated heterocycles. The molecule has 2 aliphatic carbocycles. The number of carbonyl (C=O) groups is 2. The monoisotopic (exact) mass is 267 g/mol. The molecule has 0 aromatic rings. The zero-order valence-corrected chi connectivity index (χ0v) is 12.1. The molecule has 0 atom stereocenters. The molecule has 2 aliphatic rings. The highest BCUT2D eigenvalue weighted by atomic mass is 16.5. The van der Waals surface area contributed by atoms with E-state index in [9.17, 15) is 9.59 Å². The number of ether oxygens (including phenoxy) is 1. The summed E-state index contributed by atoms with van der Waals surface area (Å²) >= 11 is 0. The van der Waals surface area contributed by atoms with Crippen LogP contribution in [-0.2, 0) is 14.3 Å². The zero-order valence-electron chi connectivity index (χ0n) is 12.1. The van der Waals surface area contributed by atoms with Crippen LogP contribution in [0.4, 0.5) is 0 Å². The van der Waals surface area contributed by atoms with Crippen molar-refractivity contribution in [2.24, 2.45) is 11.8 Å². The third-order valence-electron chi connectivity index (χ3n) is 4.86. The van der Waals surface area contributed by atoms with E-state index in [4.69, 9.17) is 4.74 Å². The molecule has 2 saturated carbocycles. The summed E-state index contributed by atoms with van der Waals surface area (Å²) in [6.07, 6.45) is 7.97. The fraction of sp³-hybridized carbons (Fsp3) is 0.867. The van der Waals surface area contributed by atoms with Crippen LogP contribution in [0.15, 0.2) is 0 Å². The van der Waals surface area contributed by atoms with Gasteiger partial charge in [0.25, 0.3) is 0 Å². The molecule has 1 amide bonds. The molecular formula is C15H25NO3. The highest BCUT2D eigenvalue weighted by Gasteiger charge is 2.31. The number of hydrogen-bond acceptors (Lipinski definition) is 3. The maximum atomic E-state index is 12.2. The predicted octanol–water partition coefficient (Wildman–Crippen LogP) is 2.37. The van der Waals surface area contributed by atoms with E-state index in [-0.39, 0.29) is 17.8 Å². The van der Waals surface area contributed by atoms with Gasteiger partial charge >= 0.3 is 5.97 Å². The minimum Gasteiger partial charge on any atom is -0.469 e. The molecule has 0 aliphatic heterocycles. The lowest BCUT2D eigenvalue weighted by Gasteiger charge is -2.35. The van der Waals surface area contributed by atoms with Gasteiger partial charge in [0.2, 0.25) is 5.91 Å². The normalized spacial score (nSPS) is 27.5. The Morgan fingerprint density at radius 3 is 2.21 bits per heavy atom. The van der Waals surface area contributed by atoms with Crippen molar-refractivity contribution in [1.29, 1.82) is 0 Å². The molecule has 2 rings (SSSR count). The SMILES string of the molecule is COC(=O)C1CCC(N(C)C(=O)CC2CCC2)CC1. The lowest BCUT2D eigenvalue weighted by atomic mass is 9.82. The minimum absolute atomic E-state index is 0.0383. The molecule has 2 fully saturated rings. The zero-order chi connectivity index (χ0) is 13.8. The molecule has 4 nitrogen and oxygen atoms in total. The number of rotatable bonds is 4. The van der Waals surface area contributed by atoms with Crippen molar-refractivity contribution in [3.8, 4) is 0 Å². The van der Waals surface area contributed by atoms with Crippen LogP contribution < -0.4 is 0 Å². The highest BCUT2D eigenvalue weighted by molar-refractivity contribution is 5.76. The van der Waals surface area contributed by atoms with Crippen molar-refractivity contribution < 1.29 is 14.3 Å². The third-order valence-corrected chi connectivity index (χ3v) is 4.86. The summed E-state index contributed by atoms with van der Waals surface area (Å²) in [5.74, 6) is 0.853. The quantitative estimate of drug-likeness (QED) is 0.735. The lowest BCUT2D eigenvalue weighted by molar-refractivity contribution is -0.147. The number of esters is 1. The van der Waals surface area contributed by atoms with E-state index in [2.05, 4.69) is 0 Å². The Bertz CT molecular complexity index is 330. The van der Waals surface area contributed by atoms with E-state index in [1.165, 1.54) is 26.4 Å². The fourth-order valence-corrected chi connectivity index (χ4v) is 3.16. The average Bonchev–Trinajstić information content (AvgIpc) is 2.41. The first-order valence-corrected chi connectivity index (χ1v) is 7.45. The summed E-state index contributed by atoms with van der Waals surface area (Å²) in [6.45, 7) is 0. The second kappa shape index (κ2) is 6.40. The maximum absolute atomic E-state index is 12.2. The molecular weight excluding hydrogens is 242 g/mol. The molecule has 19 heavy (non-hydrogen) atoms. The van der Waals surface area contributed by atoms with Crippen LogP contribution in [0.3, 0.4) is 0 Å². The van der Waals surface area contributed by atoms with Gasteiger partial charge in [0.15, 0.2) is 0 Å². The van der Waals surface area contributed by atoms with Gasteiger partial charge in [0, 0.05) is 19.5 Å². The lowest BCUT2D eigenvalue weighted by Crippen LogP contribution is -2.41. The van der Waals surface area contributed by atoms with Crippen LogP contribution in [0.5, 0.6) is 0 Å². The molecule has 0 radical (unpaired) electrons. The number of nitrogens with zero attached hydrogens (tertiary/aromatic N) is 1. The van der Waals surface area contributed by atoms with Crippen LogP contribution in [-0.4, -0.2) is 37.0 Å². The fourth-order valence-electron chi connectivity index (χ4n) is 3.16. The van der Waals surface area contributed by atoms with Gasteiger partial charge in [-0.15, -0.1) is 0 Å². The van der Waals surface area contributed by atoms with Crippen molar-refractivity contribution in [3.63, 3.8) is 0 Å². The number of amides is 1. The highest BCUT2D eigenvalue weighted by Crippen LogP contribution is 2.32. The van der Waals surface area contributed by atoms with Gasteiger partial charge in [-0.3, -0.25) is 9.59 Å². The van der Waals surface area contributed by atoms with Gasteiger partial charge in [-0.25, -0.2) is 0 Å². The molecule has 0 spiro atoms. The van der Waals surface area contributed by atoms with Crippen LogP contribution in [0, 0.1) is 11.8 Å².